The van der Waals surface area contributed by atoms with Crippen LogP contribution in [0.3, 0.4) is 0 Å². The van der Waals surface area contributed by atoms with E-state index in [0.29, 0.717) is 35.3 Å². The minimum atomic E-state index is -0.778. The van der Waals surface area contributed by atoms with Crippen LogP contribution in [-0.4, -0.2) is 12.5 Å². The number of ether oxygens (including phenoxy) is 2. The van der Waals surface area contributed by atoms with E-state index in [1.54, 1.807) is 30.3 Å². The summed E-state index contributed by atoms with van der Waals surface area (Å²) in [6, 6.07) is 14.3. The van der Waals surface area contributed by atoms with Crippen LogP contribution in [-0.2, 0) is 11.4 Å². The Hall–Kier alpha value is -2.97. The number of carbonyl (C=O) groups is 1. The lowest BCUT2D eigenvalue weighted by molar-refractivity contribution is -0.114. The summed E-state index contributed by atoms with van der Waals surface area (Å²) < 4.78 is 11.4. The van der Waals surface area contributed by atoms with Gasteiger partial charge in [0.15, 0.2) is 11.5 Å². The summed E-state index contributed by atoms with van der Waals surface area (Å²) in [5.41, 5.74) is 6.49. The third-order valence-corrected chi connectivity index (χ3v) is 3.67. The molecule has 0 aromatic heterocycles. The van der Waals surface area contributed by atoms with Gasteiger partial charge in [0, 0.05) is 10.6 Å². The molecule has 0 spiro atoms. The molecule has 0 radical (unpaired) electrons. The van der Waals surface area contributed by atoms with Gasteiger partial charge in [-0.1, -0.05) is 35.9 Å². The molecule has 6 heteroatoms. The molecule has 1 amide bonds. The Bertz CT molecular complexity index is 841. The standard InChI is InChI=1S/C19H17ClN2O3/c1-2-24-18-10-13(9-15(11-21)19(22)23)7-8-17(18)25-12-14-5-3-4-6-16(14)20/h3-10H,2,12H2,1H3,(H2,22,23). The Morgan fingerprint density at radius 1 is 1.24 bits per heavy atom. The average Bonchev–Trinajstić information content (AvgIpc) is 2.60. The van der Waals surface area contributed by atoms with Crippen molar-refractivity contribution in [3.63, 3.8) is 0 Å². The maximum atomic E-state index is 11.2. The number of carbonyl (C=O) groups excluding carboxylic acids is 1. The van der Waals surface area contributed by atoms with E-state index in [0.717, 1.165) is 5.56 Å². The van der Waals surface area contributed by atoms with Crippen molar-refractivity contribution in [1.82, 2.24) is 0 Å². The van der Waals surface area contributed by atoms with E-state index in [-0.39, 0.29) is 5.57 Å². The van der Waals surface area contributed by atoms with E-state index in [1.165, 1.54) is 6.08 Å². The quantitative estimate of drug-likeness (QED) is 0.605. The predicted molar refractivity (Wildman–Crippen MR) is 96.2 cm³/mol. The molecule has 0 aliphatic carbocycles. The summed E-state index contributed by atoms with van der Waals surface area (Å²) >= 11 is 6.13. The Labute approximate surface area is 151 Å². The monoisotopic (exact) mass is 356 g/mol. The van der Waals surface area contributed by atoms with Crippen LogP contribution in [0.2, 0.25) is 5.02 Å². The number of nitrogens with two attached hydrogens (primary N) is 1. The van der Waals surface area contributed by atoms with Gasteiger partial charge in [-0.05, 0) is 36.8 Å². The Kier molecular flexibility index (Phi) is 6.44. The summed E-state index contributed by atoms with van der Waals surface area (Å²) in [5.74, 6) is 0.265. The average molecular weight is 357 g/mol. The number of halogens is 1. The van der Waals surface area contributed by atoms with Crippen molar-refractivity contribution >= 4 is 23.6 Å². The van der Waals surface area contributed by atoms with Gasteiger partial charge in [0.25, 0.3) is 5.91 Å². The molecule has 0 aliphatic heterocycles. The minimum Gasteiger partial charge on any atom is -0.490 e. The van der Waals surface area contributed by atoms with Gasteiger partial charge in [-0.2, -0.15) is 5.26 Å². The summed E-state index contributed by atoms with van der Waals surface area (Å²) in [6.07, 6.45) is 1.41. The Morgan fingerprint density at radius 3 is 2.64 bits per heavy atom. The van der Waals surface area contributed by atoms with Crippen molar-refractivity contribution in [3.05, 3.63) is 64.2 Å². The fourth-order valence-electron chi connectivity index (χ4n) is 2.10. The zero-order chi connectivity index (χ0) is 18.2. The number of nitriles is 1. The first kappa shape index (κ1) is 18.4. The van der Waals surface area contributed by atoms with Crippen LogP contribution >= 0.6 is 11.6 Å². The highest BCUT2D eigenvalue weighted by molar-refractivity contribution is 6.31. The molecule has 0 atom stereocenters. The van der Waals surface area contributed by atoms with Crippen LogP contribution in [0.5, 0.6) is 11.5 Å². The SMILES string of the molecule is CCOc1cc(C=C(C#N)C(N)=O)ccc1OCc1ccccc1Cl. The van der Waals surface area contributed by atoms with E-state index >= 15 is 0 Å². The van der Waals surface area contributed by atoms with Gasteiger partial charge in [-0.25, -0.2) is 0 Å². The van der Waals surface area contributed by atoms with Gasteiger partial charge in [-0.3, -0.25) is 4.79 Å². The molecule has 0 saturated carbocycles. The van der Waals surface area contributed by atoms with Crippen molar-refractivity contribution in [2.24, 2.45) is 5.73 Å². The molecule has 5 nitrogen and oxygen atoms in total. The zero-order valence-electron chi connectivity index (χ0n) is 13.7. The van der Waals surface area contributed by atoms with Crippen molar-refractivity contribution in [1.29, 1.82) is 5.26 Å². The summed E-state index contributed by atoms with van der Waals surface area (Å²) in [4.78, 5) is 11.2. The number of hydrogen-bond donors (Lipinski definition) is 1. The highest BCUT2D eigenvalue weighted by Crippen LogP contribution is 2.30. The van der Waals surface area contributed by atoms with Crippen molar-refractivity contribution in [2.45, 2.75) is 13.5 Å². The second-order valence-electron chi connectivity index (χ2n) is 5.05. The Morgan fingerprint density at radius 2 is 2.00 bits per heavy atom. The molecule has 0 heterocycles. The second-order valence-corrected chi connectivity index (χ2v) is 5.46. The highest BCUT2D eigenvalue weighted by Gasteiger charge is 2.09. The molecular weight excluding hydrogens is 340 g/mol. The van der Waals surface area contributed by atoms with Crippen LogP contribution in [0, 0.1) is 11.3 Å². The third-order valence-electron chi connectivity index (χ3n) is 3.31. The van der Waals surface area contributed by atoms with Crippen LogP contribution in [0.4, 0.5) is 0 Å². The predicted octanol–water partition coefficient (Wildman–Crippen LogP) is 3.71. The smallest absolute Gasteiger partial charge is 0.259 e. The molecule has 128 valence electrons. The van der Waals surface area contributed by atoms with Crippen molar-refractivity contribution in [2.75, 3.05) is 6.61 Å². The first-order chi connectivity index (χ1) is 12.0. The van der Waals surface area contributed by atoms with E-state index < -0.39 is 5.91 Å². The molecule has 2 aromatic carbocycles. The van der Waals surface area contributed by atoms with Crippen LogP contribution in [0.25, 0.3) is 6.08 Å². The lowest BCUT2D eigenvalue weighted by Crippen LogP contribution is -2.12. The lowest BCUT2D eigenvalue weighted by atomic mass is 10.1. The number of hydrogen-bond acceptors (Lipinski definition) is 4. The lowest BCUT2D eigenvalue weighted by Gasteiger charge is -2.13. The maximum absolute atomic E-state index is 11.2. The van der Waals surface area contributed by atoms with Gasteiger partial charge in [-0.15, -0.1) is 0 Å². The molecular formula is C19H17ClN2O3. The maximum Gasteiger partial charge on any atom is 0.259 e. The van der Waals surface area contributed by atoms with Crippen LogP contribution < -0.4 is 15.2 Å². The first-order valence-corrected chi connectivity index (χ1v) is 7.97. The minimum absolute atomic E-state index is 0.132. The van der Waals surface area contributed by atoms with Gasteiger partial charge < -0.3 is 15.2 Å². The first-order valence-electron chi connectivity index (χ1n) is 7.59. The van der Waals surface area contributed by atoms with Crippen LogP contribution in [0.15, 0.2) is 48.0 Å². The van der Waals surface area contributed by atoms with E-state index in [4.69, 9.17) is 32.1 Å². The van der Waals surface area contributed by atoms with Crippen molar-refractivity contribution in [3.8, 4) is 17.6 Å². The van der Waals surface area contributed by atoms with Gasteiger partial charge >= 0.3 is 0 Å². The molecule has 0 unspecified atom stereocenters. The van der Waals surface area contributed by atoms with E-state index in [2.05, 4.69) is 0 Å². The molecule has 2 rings (SSSR count). The molecule has 0 saturated heterocycles. The molecule has 0 aliphatic rings. The third kappa shape index (κ3) is 5.00. The molecule has 25 heavy (non-hydrogen) atoms. The Balaban J connectivity index is 2.26. The molecule has 2 N–H and O–H groups in total. The number of amides is 1. The van der Waals surface area contributed by atoms with Crippen LogP contribution in [0.1, 0.15) is 18.1 Å². The summed E-state index contributed by atoms with van der Waals surface area (Å²) in [7, 11) is 0. The van der Waals surface area contributed by atoms with Gasteiger partial charge in [0.1, 0.15) is 18.2 Å². The summed E-state index contributed by atoms with van der Waals surface area (Å²) in [5, 5.41) is 9.56. The number of nitrogens with zero attached hydrogens (tertiary/aromatic N) is 1. The van der Waals surface area contributed by atoms with Crippen molar-refractivity contribution < 1.29 is 14.3 Å². The molecule has 0 bridgehead atoms. The van der Waals surface area contributed by atoms with E-state index in [9.17, 15) is 4.79 Å². The number of benzene rings is 2. The number of rotatable bonds is 7. The van der Waals surface area contributed by atoms with Gasteiger partial charge in [0.2, 0.25) is 0 Å². The zero-order valence-corrected chi connectivity index (χ0v) is 14.4. The normalized spacial score (nSPS) is 10.8. The highest BCUT2D eigenvalue weighted by atomic mass is 35.5. The largest absolute Gasteiger partial charge is 0.490 e. The molecule has 0 fully saturated rings. The second kappa shape index (κ2) is 8.76. The fourth-order valence-corrected chi connectivity index (χ4v) is 2.29. The fraction of sp³-hybridized carbons (Fsp3) is 0.158. The van der Waals surface area contributed by atoms with E-state index in [1.807, 2.05) is 25.1 Å². The van der Waals surface area contributed by atoms with Gasteiger partial charge in [0.05, 0.1) is 6.61 Å². The number of primary amides is 1. The molecule has 2 aromatic rings. The summed E-state index contributed by atoms with van der Waals surface area (Å²) in [6.45, 7) is 2.58. The topological polar surface area (TPSA) is 85.3 Å².